The first-order valence-electron chi connectivity index (χ1n) is 10.9. The molecule has 176 valence electrons. The zero-order chi connectivity index (χ0) is 21.6. The minimum Gasteiger partial charge on any atom is -0.352 e. The fourth-order valence-electron chi connectivity index (χ4n) is 4.37. The van der Waals surface area contributed by atoms with Crippen molar-refractivity contribution in [1.29, 1.82) is 0 Å². The molecule has 0 saturated carbocycles. The molecule has 0 amide bonds. The number of nitrogens with zero attached hydrogens (tertiary/aromatic N) is 3. The number of hydrogen-bond donors (Lipinski definition) is 2. The maximum atomic E-state index is 12.5. The first kappa shape index (κ1) is 26.2. The maximum Gasteiger partial charge on any atom is 0.401 e. The quantitative estimate of drug-likeness (QED) is 0.320. The van der Waals surface area contributed by atoms with Gasteiger partial charge in [-0.2, -0.15) is 13.2 Å². The van der Waals surface area contributed by atoms with Gasteiger partial charge < -0.3 is 10.6 Å². The van der Waals surface area contributed by atoms with E-state index >= 15 is 0 Å². The summed E-state index contributed by atoms with van der Waals surface area (Å²) in [4.78, 5) is 8.18. The fourth-order valence-corrected chi connectivity index (χ4v) is 4.37. The van der Waals surface area contributed by atoms with Gasteiger partial charge in [-0.3, -0.25) is 14.8 Å². The molecule has 9 heteroatoms. The van der Waals surface area contributed by atoms with Crippen LogP contribution in [0, 0.1) is 5.92 Å². The van der Waals surface area contributed by atoms with Crippen LogP contribution in [0.2, 0.25) is 0 Å². The molecule has 1 aromatic carbocycles. The number of aliphatic imine (C=N–C) groups is 1. The highest BCUT2D eigenvalue weighted by molar-refractivity contribution is 14.0. The molecule has 2 saturated heterocycles. The second-order valence-electron chi connectivity index (χ2n) is 8.71. The van der Waals surface area contributed by atoms with E-state index in [1.165, 1.54) is 36.4 Å². The largest absolute Gasteiger partial charge is 0.401 e. The van der Waals surface area contributed by atoms with Crippen LogP contribution in [0.15, 0.2) is 29.3 Å². The number of likely N-dealkylation sites (tertiary alicyclic amines) is 2. The lowest BCUT2D eigenvalue weighted by molar-refractivity contribution is -0.143. The van der Waals surface area contributed by atoms with E-state index in [4.69, 9.17) is 0 Å². The van der Waals surface area contributed by atoms with Crippen LogP contribution in [0.1, 0.15) is 37.3 Å². The van der Waals surface area contributed by atoms with Gasteiger partial charge in [0, 0.05) is 45.8 Å². The van der Waals surface area contributed by atoms with E-state index in [0.717, 1.165) is 18.0 Å². The summed E-state index contributed by atoms with van der Waals surface area (Å²) in [5.74, 6) is 1.40. The Morgan fingerprint density at radius 1 is 1.06 bits per heavy atom. The van der Waals surface area contributed by atoms with Crippen molar-refractivity contribution in [3.8, 4) is 0 Å². The van der Waals surface area contributed by atoms with Crippen molar-refractivity contribution >= 4 is 29.9 Å². The van der Waals surface area contributed by atoms with Gasteiger partial charge in [-0.05, 0) is 42.9 Å². The molecular formula is C22H35F3IN5. The monoisotopic (exact) mass is 553 g/mol. The molecule has 2 fully saturated rings. The lowest BCUT2D eigenvalue weighted by Gasteiger charge is -2.30. The van der Waals surface area contributed by atoms with Crippen molar-refractivity contribution in [3.63, 3.8) is 0 Å². The zero-order valence-corrected chi connectivity index (χ0v) is 20.7. The number of rotatable bonds is 6. The van der Waals surface area contributed by atoms with Crippen LogP contribution >= 0.6 is 24.0 Å². The van der Waals surface area contributed by atoms with Gasteiger partial charge in [0.1, 0.15) is 0 Å². The highest BCUT2D eigenvalue weighted by Crippen LogP contribution is 2.20. The molecule has 2 heterocycles. The molecule has 2 aliphatic rings. The Kier molecular flexibility index (Phi) is 10.3. The van der Waals surface area contributed by atoms with Crippen LogP contribution in [0.5, 0.6) is 0 Å². The van der Waals surface area contributed by atoms with Gasteiger partial charge in [0.05, 0.1) is 6.54 Å². The molecule has 0 spiro atoms. The minimum atomic E-state index is -4.15. The Balaban J connectivity index is 0.00000341. The molecule has 2 aliphatic heterocycles. The SMILES string of the molecule is CN=C(NCc1ccc(CN2CCCC(C)C2)cc1)NC1CCN(CC(F)(F)F)C1.I. The summed E-state index contributed by atoms with van der Waals surface area (Å²) in [6.45, 7) is 6.28. The summed E-state index contributed by atoms with van der Waals surface area (Å²) in [5, 5.41) is 6.51. The van der Waals surface area contributed by atoms with Crippen molar-refractivity contribution < 1.29 is 13.2 Å². The normalized spacial score (nSPS) is 23.5. The van der Waals surface area contributed by atoms with Gasteiger partial charge in [0.2, 0.25) is 0 Å². The third kappa shape index (κ3) is 9.13. The van der Waals surface area contributed by atoms with E-state index in [-0.39, 0.29) is 30.0 Å². The summed E-state index contributed by atoms with van der Waals surface area (Å²) in [6, 6.07) is 8.59. The Bertz CT molecular complexity index is 695. The molecule has 0 aliphatic carbocycles. The molecule has 3 rings (SSSR count). The number of hydrogen-bond acceptors (Lipinski definition) is 3. The molecule has 2 N–H and O–H groups in total. The Labute approximate surface area is 200 Å². The van der Waals surface area contributed by atoms with E-state index in [9.17, 15) is 13.2 Å². The van der Waals surface area contributed by atoms with Crippen LogP contribution in [0.3, 0.4) is 0 Å². The number of alkyl halides is 3. The number of guanidine groups is 1. The molecular weight excluding hydrogens is 518 g/mol. The predicted octanol–water partition coefficient (Wildman–Crippen LogP) is 3.84. The van der Waals surface area contributed by atoms with E-state index in [1.807, 2.05) is 0 Å². The molecule has 0 bridgehead atoms. The molecule has 1 aromatic rings. The number of benzene rings is 1. The van der Waals surface area contributed by atoms with E-state index in [0.29, 0.717) is 32.0 Å². The molecule has 31 heavy (non-hydrogen) atoms. The van der Waals surface area contributed by atoms with Crippen molar-refractivity contribution in [2.45, 2.75) is 51.5 Å². The number of nitrogens with one attached hydrogen (secondary N) is 2. The Morgan fingerprint density at radius 2 is 1.77 bits per heavy atom. The predicted molar refractivity (Wildman–Crippen MR) is 130 cm³/mol. The Morgan fingerprint density at radius 3 is 2.42 bits per heavy atom. The molecule has 0 aromatic heterocycles. The first-order chi connectivity index (χ1) is 14.3. The lowest BCUT2D eigenvalue weighted by Crippen LogP contribution is -2.44. The third-order valence-electron chi connectivity index (χ3n) is 5.87. The van der Waals surface area contributed by atoms with Gasteiger partial charge in [0.25, 0.3) is 0 Å². The Hall–Kier alpha value is -1.07. The highest BCUT2D eigenvalue weighted by atomic mass is 127. The standard InChI is InChI=1S/C22H34F3N5.HI/c1-17-4-3-10-29(13-17)14-19-7-5-18(6-8-19)12-27-21(26-2)28-20-9-11-30(15-20)16-22(23,24)25;/h5-8,17,20H,3-4,9-16H2,1-2H3,(H2,26,27,28);1H. The van der Waals surface area contributed by atoms with E-state index < -0.39 is 12.7 Å². The average molecular weight is 553 g/mol. The van der Waals surface area contributed by atoms with Crippen LogP contribution in [0.4, 0.5) is 13.2 Å². The van der Waals surface area contributed by atoms with Gasteiger partial charge >= 0.3 is 6.18 Å². The number of piperidine rings is 1. The second-order valence-corrected chi connectivity index (χ2v) is 8.71. The summed E-state index contributed by atoms with van der Waals surface area (Å²) in [7, 11) is 1.68. The zero-order valence-electron chi connectivity index (χ0n) is 18.4. The second kappa shape index (κ2) is 12.2. The summed E-state index contributed by atoms with van der Waals surface area (Å²) in [5.41, 5.74) is 2.48. The van der Waals surface area contributed by atoms with Crippen LogP contribution in [0.25, 0.3) is 0 Å². The molecule has 0 radical (unpaired) electrons. The minimum absolute atomic E-state index is 0. The molecule has 2 atom stereocenters. The van der Waals surface area contributed by atoms with Gasteiger partial charge in [0.15, 0.2) is 5.96 Å². The maximum absolute atomic E-state index is 12.5. The van der Waals surface area contributed by atoms with Gasteiger partial charge in [-0.25, -0.2) is 0 Å². The highest BCUT2D eigenvalue weighted by Gasteiger charge is 2.34. The van der Waals surface area contributed by atoms with Gasteiger partial charge in [-0.15, -0.1) is 24.0 Å². The van der Waals surface area contributed by atoms with Crippen molar-refractivity contribution in [2.24, 2.45) is 10.9 Å². The van der Waals surface area contributed by atoms with Crippen LogP contribution in [-0.4, -0.2) is 67.7 Å². The van der Waals surface area contributed by atoms with Crippen molar-refractivity contribution in [1.82, 2.24) is 20.4 Å². The van der Waals surface area contributed by atoms with Crippen LogP contribution in [-0.2, 0) is 13.1 Å². The van der Waals surface area contributed by atoms with E-state index in [2.05, 4.69) is 51.7 Å². The lowest BCUT2D eigenvalue weighted by atomic mass is 9.99. The number of halogens is 4. The van der Waals surface area contributed by atoms with Crippen molar-refractivity contribution in [3.05, 3.63) is 35.4 Å². The van der Waals surface area contributed by atoms with Crippen LogP contribution < -0.4 is 10.6 Å². The van der Waals surface area contributed by atoms with Crippen molar-refractivity contribution in [2.75, 3.05) is 39.8 Å². The molecule has 5 nitrogen and oxygen atoms in total. The summed E-state index contributed by atoms with van der Waals surface area (Å²) in [6.07, 6.45) is -0.851. The first-order valence-corrected chi connectivity index (χ1v) is 10.9. The third-order valence-corrected chi connectivity index (χ3v) is 5.87. The summed E-state index contributed by atoms with van der Waals surface area (Å²) < 4.78 is 37.6. The topological polar surface area (TPSA) is 42.9 Å². The smallest absolute Gasteiger partial charge is 0.352 e. The summed E-state index contributed by atoms with van der Waals surface area (Å²) >= 11 is 0. The molecule has 2 unspecified atom stereocenters. The fraction of sp³-hybridized carbons (Fsp3) is 0.682. The average Bonchev–Trinajstić information content (AvgIpc) is 3.11. The van der Waals surface area contributed by atoms with Gasteiger partial charge in [-0.1, -0.05) is 31.2 Å². The van der Waals surface area contributed by atoms with E-state index in [1.54, 1.807) is 7.05 Å².